The van der Waals surface area contributed by atoms with Crippen molar-refractivity contribution in [2.45, 2.75) is 19.9 Å². The third-order valence-corrected chi connectivity index (χ3v) is 3.44. The van der Waals surface area contributed by atoms with Crippen LogP contribution < -0.4 is 5.32 Å². The van der Waals surface area contributed by atoms with Crippen molar-refractivity contribution in [3.8, 4) is 0 Å². The van der Waals surface area contributed by atoms with Gasteiger partial charge in [-0.05, 0) is 38.4 Å². The third kappa shape index (κ3) is 1.98. The molecule has 0 spiro atoms. The molecule has 1 unspecified atom stereocenters. The van der Waals surface area contributed by atoms with E-state index in [1.165, 1.54) is 10.4 Å². The van der Waals surface area contributed by atoms with Crippen LogP contribution in [0, 0.1) is 13.8 Å². The van der Waals surface area contributed by atoms with Gasteiger partial charge in [0.05, 0.1) is 6.04 Å². The van der Waals surface area contributed by atoms with Crippen molar-refractivity contribution in [1.29, 1.82) is 0 Å². The first-order valence-corrected chi connectivity index (χ1v) is 5.88. The van der Waals surface area contributed by atoms with Crippen molar-refractivity contribution < 1.29 is 4.42 Å². The normalized spacial score (nSPS) is 13.0. The van der Waals surface area contributed by atoms with Crippen LogP contribution >= 0.6 is 11.3 Å². The summed E-state index contributed by atoms with van der Waals surface area (Å²) >= 11 is 1.76. The maximum absolute atomic E-state index is 5.56. The minimum absolute atomic E-state index is 0.252. The Hall–Kier alpha value is -1.06. The Balaban J connectivity index is 2.39. The average molecular weight is 221 g/mol. The Bertz CT molecular complexity index is 430. The van der Waals surface area contributed by atoms with Gasteiger partial charge in [0.1, 0.15) is 11.5 Å². The Morgan fingerprint density at radius 2 is 2.20 bits per heavy atom. The molecule has 2 heterocycles. The summed E-state index contributed by atoms with van der Waals surface area (Å²) in [6.07, 6.45) is 0. The summed E-state index contributed by atoms with van der Waals surface area (Å²) in [5.74, 6) is 1.97. The zero-order chi connectivity index (χ0) is 10.8. The highest BCUT2D eigenvalue weighted by Crippen LogP contribution is 2.29. The largest absolute Gasteiger partial charge is 0.466 e. The van der Waals surface area contributed by atoms with E-state index in [9.17, 15) is 0 Å². The molecule has 2 nitrogen and oxygen atoms in total. The van der Waals surface area contributed by atoms with Gasteiger partial charge in [0.2, 0.25) is 0 Å². The number of aryl methyl sites for hydroxylation is 2. The molecule has 0 aliphatic carbocycles. The number of thiophene rings is 1. The smallest absolute Gasteiger partial charge is 0.106 e. The average Bonchev–Trinajstić information content (AvgIpc) is 2.79. The lowest BCUT2D eigenvalue weighted by atomic mass is 10.1. The SMILES string of the molecule is CNC(c1cccs1)c1cc(C)oc1C. The van der Waals surface area contributed by atoms with Gasteiger partial charge in [-0.1, -0.05) is 6.07 Å². The second-order valence-electron chi connectivity index (χ2n) is 3.61. The summed E-state index contributed by atoms with van der Waals surface area (Å²) in [6, 6.07) is 6.58. The molecule has 0 radical (unpaired) electrons. The lowest BCUT2D eigenvalue weighted by molar-refractivity contribution is 0.497. The third-order valence-electron chi connectivity index (χ3n) is 2.51. The fourth-order valence-electron chi connectivity index (χ4n) is 1.84. The van der Waals surface area contributed by atoms with Crippen molar-refractivity contribution in [1.82, 2.24) is 5.32 Å². The molecule has 0 saturated carbocycles. The Morgan fingerprint density at radius 3 is 2.67 bits per heavy atom. The quantitative estimate of drug-likeness (QED) is 0.860. The molecular formula is C12H15NOS. The summed E-state index contributed by atoms with van der Waals surface area (Å²) in [5.41, 5.74) is 1.23. The minimum Gasteiger partial charge on any atom is -0.466 e. The van der Waals surface area contributed by atoms with E-state index in [4.69, 9.17) is 4.42 Å². The van der Waals surface area contributed by atoms with Crippen LogP contribution in [-0.4, -0.2) is 7.05 Å². The van der Waals surface area contributed by atoms with Gasteiger partial charge in [0, 0.05) is 10.4 Å². The molecule has 0 aliphatic rings. The van der Waals surface area contributed by atoms with Gasteiger partial charge in [-0.2, -0.15) is 0 Å². The first-order chi connectivity index (χ1) is 7.22. The van der Waals surface area contributed by atoms with E-state index in [1.807, 2.05) is 20.9 Å². The molecule has 1 N–H and O–H groups in total. The first-order valence-electron chi connectivity index (χ1n) is 5.00. The van der Waals surface area contributed by atoms with Gasteiger partial charge in [0.25, 0.3) is 0 Å². The van der Waals surface area contributed by atoms with E-state index in [0.717, 1.165) is 11.5 Å². The molecule has 0 aromatic carbocycles. The van der Waals surface area contributed by atoms with Crippen LogP contribution in [0.3, 0.4) is 0 Å². The molecule has 15 heavy (non-hydrogen) atoms. The summed E-state index contributed by atoms with van der Waals surface area (Å²) in [6.45, 7) is 4.00. The van der Waals surface area contributed by atoms with Gasteiger partial charge >= 0.3 is 0 Å². The first kappa shape index (κ1) is 10.5. The highest BCUT2D eigenvalue weighted by molar-refractivity contribution is 7.10. The van der Waals surface area contributed by atoms with Crippen molar-refractivity contribution in [3.63, 3.8) is 0 Å². The van der Waals surface area contributed by atoms with Crippen LogP contribution in [0.5, 0.6) is 0 Å². The minimum atomic E-state index is 0.252. The maximum atomic E-state index is 5.56. The molecule has 0 amide bonds. The van der Waals surface area contributed by atoms with E-state index in [1.54, 1.807) is 11.3 Å². The van der Waals surface area contributed by atoms with Crippen molar-refractivity contribution in [3.05, 3.63) is 45.5 Å². The second kappa shape index (κ2) is 4.21. The van der Waals surface area contributed by atoms with Crippen LogP contribution in [0.2, 0.25) is 0 Å². The Labute approximate surface area is 93.9 Å². The Morgan fingerprint density at radius 1 is 1.40 bits per heavy atom. The van der Waals surface area contributed by atoms with Crippen molar-refractivity contribution in [2.24, 2.45) is 0 Å². The summed E-state index contributed by atoms with van der Waals surface area (Å²) in [4.78, 5) is 1.32. The summed E-state index contributed by atoms with van der Waals surface area (Å²) in [5, 5.41) is 5.42. The van der Waals surface area contributed by atoms with E-state index < -0.39 is 0 Å². The highest BCUT2D eigenvalue weighted by atomic mass is 32.1. The topological polar surface area (TPSA) is 25.2 Å². The number of nitrogens with one attached hydrogen (secondary N) is 1. The molecule has 0 aliphatic heterocycles. The molecule has 3 heteroatoms. The monoisotopic (exact) mass is 221 g/mol. The predicted octanol–water partition coefficient (Wildman–Crippen LogP) is 3.27. The molecule has 2 rings (SSSR count). The van der Waals surface area contributed by atoms with Gasteiger partial charge < -0.3 is 9.73 Å². The fraction of sp³-hybridized carbons (Fsp3) is 0.333. The standard InChI is InChI=1S/C12H15NOS/c1-8-7-10(9(2)14-8)12(13-3)11-5-4-6-15-11/h4-7,12-13H,1-3H3. The lowest BCUT2D eigenvalue weighted by Crippen LogP contribution is -2.16. The van der Waals surface area contributed by atoms with Crippen molar-refractivity contribution >= 4 is 11.3 Å². The molecule has 0 bridgehead atoms. The summed E-state index contributed by atoms with van der Waals surface area (Å²) in [7, 11) is 1.98. The van der Waals surface area contributed by atoms with Crippen LogP contribution in [0.15, 0.2) is 28.0 Å². The highest BCUT2D eigenvalue weighted by Gasteiger charge is 2.17. The number of rotatable bonds is 3. The van der Waals surface area contributed by atoms with E-state index >= 15 is 0 Å². The maximum Gasteiger partial charge on any atom is 0.106 e. The second-order valence-corrected chi connectivity index (χ2v) is 4.58. The number of furan rings is 1. The summed E-state index contributed by atoms with van der Waals surface area (Å²) < 4.78 is 5.56. The van der Waals surface area contributed by atoms with Crippen LogP contribution in [0.4, 0.5) is 0 Å². The van der Waals surface area contributed by atoms with Gasteiger partial charge in [0.15, 0.2) is 0 Å². The van der Waals surface area contributed by atoms with E-state index in [2.05, 4.69) is 28.9 Å². The molecule has 2 aromatic heterocycles. The number of hydrogen-bond donors (Lipinski definition) is 1. The Kier molecular flexibility index (Phi) is 2.93. The van der Waals surface area contributed by atoms with E-state index in [-0.39, 0.29) is 6.04 Å². The van der Waals surface area contributed by atoms with Crippen molar-refractivity contribution in [2.75, 3.05) is 7.05 Å². The van der Waals surface area contributed by atoms with E-state index in [0.29, 0.717) is 0 Å². The number of hydrogen-bond acceptors (Lipinski definition) is 3. The van der Waals surface area contributed by atoms with Gasteiger partial charge in [-0.3, -0.25) is 0 Å². The van der Waals surface area contributed by atoms with Gasteiger partial charge in [-0.25, -0.2) is 0 Å². The van der Waals surface area contributed by atoms with Crippen LogP contribution in [-0.2, 0) is 0 Å². The predicted molar refractivity (Wildman–Crippen MR) is 63.4 cm³/mol. The molecule has 0 saturated heterocycles. The van der Waals surface area contributed by atoms with Gasteiger partial charge in [-0.15, -0.1) is 11.3 Å². The molecule has 80 valence electrons. The lowest BCUT2D eigenvalue weighted by Gasteiger charge is -2.13. The molecule has 1 atom stereocenters. The zero-order valence-corrected chi connectivity index (χ0v) is 10.0. The zero-order valence-electron chi connectivity index (χ0n) is 9.20. The molecule has 2 aromatic rings. The fourth-order valence-corrected chi connectivity index (χ4v) is 2.70. The van der Waals surface area contributed by atoms with Crippen LogP contribution in [0.1, 0.15) is 28.0 Å². The molecular weight excluding hydrogens is 206 g/mol. The molecule has 0 fully saturated rings. The van der Waals surface area contributed by atoms with Crippen LogP contribution in [0.25, 0.3) is 0 Å².